The highest BCUT2D eigenvalue weighted by atomic mass is 16.5. The first kappa shape index (κ1) is 18.1. The highest BCUT2D eigenvalue weighted by Crippen LogP contribution is 2.38. The Kier molecular flexibility index (Phi) is 5.65. The lowest BCUT2D eigenvalue weighted by Crippen LogP contribution is -2.49. The molecule has 1 aliphatic rings. The van der Waals surface area contributed by atoms with Gasteiger partial charge in [0.15, 0.2) is 5.82 Å². The summed E-state index contributed by atoms with van der Waals surface area (Å²) in [5.74, 6) is 1.03. The monoisotopic (exact) mass is 356 g/mol. The lowest BCUT2D eigenvalue weighted by molar-refractivity contribution is -0.130. The van der Waals surface area contributed by atoms with Gasteiger partial charge in [-0.15, -0.1) is 0 Å². The van der Waals surface area contributed by atoms with Crippen molar-refractivity contribution in [2.75, 3.05) is 0 Å². The standard InChI is InChI=1S/C19H24N4O3/c1-12(2)17(21-15(24)10-13-6-4-3-5-7-13)19(25)20-11-16-22-18(23-26-16)14-8-9-14/h3-7,12,14,17H,8-11H2,1-2H3,(H,20,25)(H,21,24)/t17-/m1/s1. The molecule has 0 saturated heterocycles. The lowest BCUT2D eigenvalue weighted by Gasteiger charge is -2.21. The van der Waals surface area contributed by atoms with E-state index < -0.39 is 6.04 Å². The molecule has 1 aromatic carbocycles. The maximum Gasteiger partial charge on any atom is 0.246 e. The molecule has 1 fully saturated rings. The predicted molar refractivity (Wildman–Crippen MR) is 95.0 cm³/mol. The first-order valence-corrected chi connectivity index (χ1v) is 8.96. The van der Waals surface area contributed by atoms with Crippen molar-refractivity contribution in [3.05, 3.63) is 47.6 Å². The Balaban J connectivity index is 1.52. The number of aromatic nitrogens is 2. The number of nitrogens with one attached hydrogen (secondary N) is 2. The number of rotatable bonds is 8. The summed E-state index contributed by atoms with van der Waals surface area (Å²) < 4.78 is 5.15. The van der Waals surface area contributed by atoms with E-state index in [2.05, 4.69) is 20.8 Å². The highest BCUT2D eigenvalue weighted by molar-refractivity contribution is 5.88. The van der Waals surface area contributed by atoms with E-state index in [0.717, 1.165) is 18.4 Å². The molecule has 7 nitrogen and oxygen atoms in total. The molecule has 138 valence electrons. The van der Waals surface area contributed by atoms with E-state index in [-0.39, 0.29) is 30.7 Å². The topological polar surface area (TPSA) is 97.1 Å². The van der Waals surface area contributed by atoms with Crippen LogP contribution in [-0.4, -0.2) is 28.0 Å². The Morgan fingerprint density at radius 2 is 1.96 bits per heavy atom. The molecule has 2 N–H and O–H groups in total. The van der Waals surface area contributed by atoms with E-state index >= 15 is 0 Å². The quantitative estimate of drug-likeness (QED) is 0.753. The summed E-state index contributed by atoms with van der Waals surface area (Å²) in [6.07, 6.45) is 2.42. The van der Waals surface area contributed by atoms with Crippen molar-refractivity contribution >= 4 is 11.8 Å². The number of amides is 2. The van der Waals surface area contributed by atoms with Gasteiger partial charge in [-0.2, -0.15) is 4.98 Å². The number of nitrogens with zero attached hydrogens (tertiary/aromatic N) is 2. The molecule has 0 bridgehead atoms. The zero-order chi connectivity index (χ0) is 18.5. The van der Waals surface area contributed by atoms with Crippen molar-refractivity contribution in [2.45, 2.75) is 51.6 Å². The molecule has 26 heavy (non-hydrogen) atoms. The molecule has 0 unspecified atom stereocenters. The molecule has 2 aromatic rings. The van der Waals surface area contributed by atoms with Crippen LogP contribution < -0.4 is 10.6 Å². The SMILES string of the molecule is CC(C)[C@@H](NC(=O)Cc1ccccc1)C(=O)NCc1nc(C2CC2)no1. The van der Waals surface area contributed by atoms with Gasteiger partial charge in [-0.1, -0.05) is 49.3 Å². The number of benzene rings is 1. The van der Waals surface area contributed by atoms with E-state index in [0.29, 0.717) is 17.6 Å². The number of hydrogen-bond acceptors (Lipinski definition) is 5. The van der Waals surface area contributed by atoms with Crippen LogP contribution in [0.3, 0.4) is 0 Å². The van der Waals surface area contributed by atoms with E-state index in [1.165, 1.54) is 0 Å². The van der Waals surface area contributed by atoms with Gasteiger partial charge < -0.3 is 15.2 Å². The largest absolute Gasteiger partial charge is 0.345 e. The third kappa shape index (κ3) is 4.91. The summed E-state index contributed by atoms with van der Waals surface area (Å²) >= 11 is 0. The second-order valence-corrected chi connectivity index (χ2v) is 6.99. The normalized spacial score (nSPS) is 14.9. The minimum atomic E-state index is -0.614. The fraction of sp³-hybridized carbons (Fsp3) is 0.474. The van der Waals surface area contributed by atoms with Crippen molar-refractivity contribution < 1.29 is 14.1 Å². The lowest BCUT2D eigenvalue weighted by atomic mass is 10.0. The predicted octanol–water partition coefficient (Wildman–Crippen LogP) is 1.95. The summed E-state index contributed by atoms with van der Waals surface area (Å²) in [5.41, 5.74) is 0.909. The summed E-state index contributed by atoms with van der Waals surface area (Å²) in [4.78, 5) is 29.0. The van der Waals surface area contributed by atoms with Crippen molar-refractivity contribution in [3.63, 3.8) is 0 Å². The summed E-state index contributed by atoms with van der Waals surface area (Å²) in [5, 5.41) is 9.51. The van der Waals surface area contributed by atoms with Crippen LogP contribution >= 0.6 is 0 Å². The Bertz CT molecular complexity index is 753. The van der Waals surface area contributed by atoms with Crippen LogP contribution in [0.25, 0.3) is 0 Å². The van der Waals surface area contributed by atoms with Gasteiger partial charge >= 0.3 is 0 Å². The van der Waals surface area contributed by atoms with Gasteiger partial charge in [0.1, 0.15) is 6.04 Å². The van der Waals surface area contributed by atoms with Gasteiger partial charge in [0.05, 0.1) is 13.0 Å². The molecule has 0 aliphatic heterocycles. The molecule has 1 aliphatic carbocycles. The van der Waals surface area contributed by atoms with E-state index in [9.17, 15) is 9.59 Å². The Morgan fingerprint density at radius 1 is 1.23 bits per heavy atom. The number of hydrogen-bond donors (Lipinski definition) is 2. The molecule has 0 radical (unpaired) electrons. The fourth-order valence-corrected chi connectivity index (χ4v) is 2.66. The molecule has 3 rings (SSSR count). The molecular weight excluding hydrogens is 332 g/mol. The Labute approximate surface area is 152 Å². The van der Waals surface area contributed by atoms with Gasteiger partial charge in [-0.25, -0.2) is 0 Å². The van der Waals surface area contributed by atoms with Gasteiger partial charge in [0, 0.05) is 5.92 Å². The first-order chi connectivity index (χ1) is 12.5. The molecule has 1 aromatic heterocycles. The maximum absolute atomic E-state index is 12.5. The maximum atomic E-state index is 12.5. The number of carbonyl (C=O) groups is 2. The number of carbonyl (C=O) groups excluding carboxylic acids is 2. The van der Waals surface area contributed by atoms with E-state index in [4.69, 9.17) is 4.52 Å². The second kappa shape index (κ2) is 8.12. The molecule has 0 spiro atoms. The first-order valence-electron chi connectivity index (χ1n) is 8.96. The Hall–Kier alpha value is -2.70. The second-order valence-electron chi connectivity index (χ2n) is 6.99. The zero-order valence-corrected chi connectivity index (χ0v) is 15.1. The third-order valence-electron chi connectivity index (χ3n) is 4.31. The van der Waals surface area contributed by atoms with Crippen molar-refractivity contribution in [3.8, 4) is 0 Å². The van der Waals surface area contributed by atoms with E-state index in [1.54, 1.807) is 0 Å². The van der Waals surface area contributed by atoms with Crippen molar-refractivity contribution in [1.82, 2.24) is 20.8 Å². The highest BCUT2D eigenvalue weighted by Gasteiger charge is 2.29. The van der Waals surface area contributed by atoms with Gasteiger partial charge in [0.25, 0.3) is 0 Å². The molecule has 2 amide bonds. The van der Waals surface area contributed by atoms with Crippen molar-refractivity contribution in [1.29, 1.82) is 0 Å². The average molecular weight is 356 g/mol. The van der Waals surface area contributed by atoms with Crippen LogP contribution in [0.1, 0.15) is 49.9 Å². The van der Waals surface area contributed by atoms with Crippen LogP contribution in [0.5, 0.6) is 0 Å². The molecule has 1 saturated carbocycles. The smallest absolute Gasteiger partial charge is 0.246 e. The van der Waals surface area contributed by atoms with E-state index in [1.807, 2.05) is 44.2 Å². The van der Waals surface area contributed by atoms with Gasteiger partial charge in [-0.3, -0.25) is 9.59 Å². The van der Waals surface area contributed by atoms with Crippen molar-refractivity contribution in [2.24, 2.45) is 5.92 Å². The van der Waals surface area contributed by atoms with Gasteiger partial charge in [0.2, 0.25) is 17.7 Å². The fourth-order valence-electron chi connectivity index (χ4n) is 2.66. The average Bonchev–Trinajstić information content (AvgIpc) is 3.36. The minimum Gasteiger partial charge on any atom is -0.345 e. The van der Waals surface area contributed by atoms with Crippen LogP contribution in [0.4, 0.5) is 0 Å². The van der Waals surface area contributed by atoms with Crippen LogP contribution in [-0.2, 0) is 22.6 Å². The molecule has 1 heterocycles. The van der Waals surface area contributed by atoms with Crippen LogP contribution in [0.15, 0.2) is 34.9 Å². The summed E-state index contributed by atoms with van der Waals surface area (Å²) in [6, 6.07) is 8.83. The van der Waals surface area contributed by atoms with Crippen LogP contribution in [0.2, 0.25) is 0 Å². The Morgan fingerprint density at radius 3 is 2.62 bits per heavy atom. The zero-order valence-electron chi connectivity index (χ0n) is 15.1. The van der Waals surface area contributed by atoms with Gasteiger partial charge in [-0.05, 0) is 24.3 Å². The minimum absolute atomic E-state index is 0.0422. The molecular formula is C19H24N4O3. The van der Waals surface area contributed by atoms with Crippen LogP contribution in [0, 0.1) is 5.92 Å². The summed E-state index contributed by atoms with van der Waals surface area (Å²) in [6.45, 7) is 3.95. The third-order valence-corrected chi connectivity index (χ3v) is 4.31. The molecule has 1 atom stereocenters. The summed E-state index contributed by atoms with van der Waals surface area (Å²) in [7, 11) is 0. The molecule has 7 heteroatoms.